The first-order valence-electron chi connectivity index (χ1n) is 11.1. The Morgan fingerprint density at radius 3 is 2.70 bits per heavy atom. The van der Waals surface area contributed by atoms with Crippen LogP contribution in [0.15, 0.2) is 30.3 Å². The van der Waals surface area contributed by atoms with Gasteiger partial charge in [-0.2, -0.15) is 0 Å². The predicted molar refractivity (Wildman–Crippen MR) is 107 cm³/mol. The van der Waals surface area contributed by atoms with E-state index in [2.05, 4.69) is 45.4 Å². The zero-order valence-electron chi connectivity index (χ0n) is 16.4. The van der Waals surface area contributed by atoms with E-state index >= 15 is 0 Å². The molecule has 4 atom stereocenters. The van der Waals surface area contributed by atoms with E-state index in [1.807, 2.05) is 0 Å². The molecule has 3 saturated heterocycles. The molecule has 1 N–H and O–H groups in total. The second-order valence-corrected chi connectivity index (χ2v) is 9.35. The van der Waals surface area contributed by atoms with Crippen LogP contribution in [0.2, 0.25) is 0 Å². The lowest BCUT2D eigenvalue weighted by Gasteiger charge is -2.55. The first-order chi connectivity index (χ1) is 13.3. The highest BCUT2D eigenvalue weighted by Gasteiger charge is 2.45. The first-order valence-corrected chi connectivity index (χ1v) is 11.1. The van der Waals surface area contributed by atoms with Gasteiger partial charge < -0.3 is 10.2 Å². The fraction of sp³-hybridized carbons (Fsp3) is 0.696. The molecule has 4 heteroatoms. The van der Waals surface area contributed by atoms with Crippen molar-refractivity contribution in [2.75, 3.05) is 26.2 Å². The van der Waals surface area contributed by atoms with Crippen molar-refractivity contribution in [3.05, 3.63) is 35.9 Å². The van der Waals surface area contributed by atoms with Gasteiger partial charge in [0, 0.05) is 37.8 Å². The van der Waals surface area contributed by atoms with E-state index in [1.54, 1.807) is 0 Å². The Hall–Kier alpha value is -1.39. The summed E-state index contributed by atoms with van der Waals surface area (Å²) in [6, 6.07) is 13.0. The van der Waals surface area contributed by atoms with Gasteiger partial charge in [0.15, 0.2) is 0 Å². The number of hydrogen-bond acceptors (Lipinski definition) is 3. The normalized spacial score (nSPS) is 33.6. The maximum Gasteiger partial charge on any atom is 0.236 e. The maximum absolute atomic E-state index is 12.7. The minimum atomic E-state index is 0.335. The summed E-state index contributed by atoms with van der Waals surface area (Å²) in [6.07, 6.45) is 9.02. The molecule has 0 radical (unpaired) electrons. The second kappa shape index (κ2) is 7.56. The number of piperidine rings is 3. The summed E-state index contributed by atoms with van der Waals surface area (Å²) < 4.78 is 0. The monoisotopic (exact) mass is 367 g/mol. The highest BCUT2D eigenvalue weighted by molar-refractivity contribution is 5.78. The average molecular weight is 368 g/mol. The molecule has 4 aliphatic rings. The van der Waals surface area contributed by atoms with Crippen LogP contribution in [0.5, 0.6) is 0 Å². The van der Waals surface area contributed by atoms with Crippen molar-refractivity contribution >= 4 is 5.91 Å². The quantitative estimate of drug-likeness (QED) is 0.869. The molecule has 1 amide bonds. The number of likely N-dealkylation sites (tertiary alicyclic amines) is 1. The number of nitrogens with one attached hydrogen (secondary N) is 1. The average Bonchev–Trinajstić information content (AvgIpc) is 3.52. The molecular weight excluding hydrogens is 334 g/mol. The molecule has 0 aromatic heterocycles. The molecule has 3 heterocycles. The van der Waals surface area contributed by atoms with Crippen molar-refractivity contribution in [2.24, 2.45) is 11.8 Å². The predicted octanol–water partition coefficient (Wildman–Crippen LogP) is 2.68. The third-order valence-electron chi connectivity index (χ3n) is 7.30. The molecule has 27 heavy (non-hydrogen) atoms. The lowest BCUT2D eigenvalue weighted by Crippen LogP contribution is -2.63. The number of carbonyl (C=O) groups excluding carboxylic acids is 1. The van der Waals surface area contributed by atoms with Crippen LogP contribution in [0.1, 0.15) is 44.1 Å². The van der Waals surface area contributed by atoms with Crippen molar-refractivity contribution in [1.82, 2.24) is 15.1 Å². The molecule has 0 unspecified atom stereocenters. The van der Waals surface area contributed by atoms with Crippen LogP contribution in [0, 0.1) is 11.8 Å². The summed E-state index contributed by atoms with van der Waals surface area (Å²) in [7, 11) is 0. The summed E-state index contributed by atoms with van der Waals surface area (Å²) >= 11 is 0. The van der Waals surface area contributed by atoms with Crippen molar-refractivity contribution in [3.63, 3.8) is 0 Å². The van der Waals surface area contributed by atoms with Crippen molar-refractivity contribution in [1.29, 1.82) is 0 Å². The van der Waals surface area contributed by atoms with Crippen LogP contribution in [0.3, 0.4) is 0 Å². The molecule has 3 aliphatic heterocycles. The zero-order valence-corrected chi connectivity index (χ0v) is 16.4. The molecular formula is C23H33N3O. The topological polar surface area (TPSA) is 35.6 Å². The summed E-state index contributed by atoms with van der Waals surface area (Å²) in [5, 5.41) is 3.41. The van der Waals surface area contributed by atoms with Gasteiger partial charge in [0.2, 0.25) is 5.91 Å². The highest BCUT2D eigenvalue weighted by Crippen LogP contribution is 2.40. The Morgan fingerprint density at radius 2 is 1.89 bits per heavy atom. The molecule has 0 spiro atoms. The fourth-order valence-corrected chi connectivity index (χ4v) is 5.85. The van der Waals surface area contributed by atoms with E-state index < -0.39 is 0 Å². The van der Waals surface area contributed by atoms with Crippen molar-refractivity contribution in [3.8, 4) is 0 Å². The number of nitrogens with zero attached hydrogens (tertiary/aromatic N) is 2. The van der Waals surface area contributed by atoms with Gasteiger partial charge in [-0.3, -0.25) is 9.69 Å². The van der Waals surface area contributed by atoms with E-state index in [1.165, 1.54) is 57.1 Å². The molecule has 1 aromatic rings. The fourth-order valence-electron chi connectivity index (χ4n) is 5.85. The molecule has 4 nitrogen and oxygen atoms in total. The summed E-state index contributed by atoms with van der Waals surface area (Å²) in [6.45, 7) is 3.71. The van der Waals surface area contributed by atoms with E-state index in [-0.39, 0.29) is 0 Å². The molecule has 2 bridgehead atoms. The van der Waals surface area contributed by atoms with Crippen LogP contribution in [-0.4, -0.2) is 60.0 Å². The highest BCUT2D eigenvalue weighted by atomic mass is 16.2. The van der Waals surface area contributed by atoms with E-state index in [0.29, 0.717) is 42.4 Å². The Balaban J connectivity index is 1.24. The molecule has 146 valence electrons. The summed E-state index contributed by atoms with van der Waals surface area (Å²) in [4.78, 5) is 17.7. The van der Waals surface area contributed by atoms with Crippen LogP contribution >= 0.6 is 0 Å². The van der Waals surface area contributed by atoms with Crippen LogP contribution in [0.25, 0.3) is 0 Å². The number of fused-ring (bicyclic) bond motifs is 4. The molecule has 5 rings (SSSR count). The SMILES string of the molecule is O=C(CNC1CC1)N1C[C@@H]2C[C@H](C1)[C@@H]1CCC[C@H](Cc3ccccc3)N1C2. The third kappa shape index (κ3) is 3.93. The van der Waals surface area contributed by atoms with Gasteiger partial charge in [-0.25, -0.2) is 0 Å². The number of benzene rings is 1. The second-order valence-electron chi connectivity index (χ2n) is 9.35. The van der Waals surface area contributed by atoms with Crippen LogP contribution in [-0.2, 0) is 11.2 Å². The van der Waals surface area contributed by atoms with E-state index in [4.69, 9.17) is 0 Å². The number of amides is 1. The van der Waals surface area contributed by atoms with Crippen molar-refractivity contribution in [2.45, 2.75) is 63.1 Å². The maximum atomic E-state index is 12.7. The summed E-state index contributed by atoms with van der Waals surface area (Å²) in [5.41, 5.74) is 1.47. The molecule has 1 aromatic carbocycles. The van der Waals surface area contributed by atoms with Gasteiger partial charge in [0.25, 0.3) is 0 Å². The Bertz CT molecular complexity index is 659. The Labute approximate surface area is 163 Å². The minimum absolute atomic E-state index is 0.335. The van der Waals surface area contributed by atoms with E-state index in [0.717, 1.165) is 13.1 Å². The first kappa shape index (κ1) is 17.7. The number of hydrogen-bond donors (Lipinski definition) is 1. The third-order valence-corrected chi connectivity index (χ3v) is 7.30. The van der Waals surface area contributed by atoms with Gasteiger partial charge in [0.05, 0.1) is 6.54 Å². The zero-order chi connectivity index (χ0) is 18.2. The van der Waals surface area contributed by atoms with Gasteiger partial charge >= 0.3 is 0 Å². The summed E-state index contributed by atoms with van der Waals surface area (Å²) in [5.74, 6) is 1.68. The largest absolute Gasteiger partial charge is 0.341 e. The van der Waals surface area contributed by atoms with Crippen molar-refractivity contribution < 1.29 is 4.79 Å². The molecule has 1 saturated carbocycles. The lowest BCUT2D eigenvalue weighted by atomic mass is 9.74. The van der Waals surface area contributed by atoms with Gasteiger partial charge in [-0.15, -0.1) is 0 Å². The Kier molecular flexibility index (Phi) is 4.95. The van der Waals surface area contributed by atoms with Gasteiger partial charge in [-0.1, -0.05) is 36.8 Å². The smallest absolute Gasteiger partial charge is 0.236 e. The van der Waals surface area contributed by atoms with Gasteiger partial charge in [-0.05, 0) is 55.9 Å². The molecule has 1 aliphatic carbocycles. The van der Waals surface area contributed by atoms with Gasteiger partial charge in [0.1, 0.15) is 0 Å². The number of rotatable bonds is 5. The van der Waals surface area contributed by atoms with E-state index in [9.17, 15) is 4.79 Å². The Morgan fingerprint density at radius 1 is 1.04 bits per heavy atom. The lowest BCUT2D eigenvalue weighted by molar-refractivity contribution is -0.138. The minimum Gasteiger partial charge on any atom is -0.341 e. The standard InChI is InChI=1S/C23H33N3O/c27-23(13-24-20-9-10-20)25-14-18-11-19(16-25)22-8-4-7-21(26(22)15-18)12-17-5-2-1-3-6-17/h1-3,5-6,18-22,24H,4,7-16H2/t18-,19+,21+,22-/m0/s1. The van der Waals surface area contributed by atoms with Crippen LogP contribution < -0.4 is 5.32 Å². The van der Waals surface area contributed by atoms with Crippen LogP contribution in [0.4, 0.5) is 0 Å². The molecule has 4 fully saturated rings. The number of carbonyl (C=O) groups is 1.